The van der Waals surface area contributed by atoms with Crippen molar-refractivity contribution < 1.29 is 24.2 Å². The largest absolute Gasteiger partial charge is 0.481 e. The van der Waals surface area contributed by atoms with Gasteiger partial charge in [0, 0.05) is 24.2 Å². The molecule has 0 aromatic heterocycles. The Hall–Kier alpha value is -1.91. The Morgan fingerprint density at radius 3 is 2.39 bits per heavy atom. The molecule has 212 valence electrons. The van der Waals surface area contributed by atoms with Gasteiger partial charge in [-0.2, -0.15) is 0 Å². The minimum atomic E-state index is -0.752. The van der Waals surface area contributed by atoms with Crippen LogP contribution in [-0.4, -0.2) is 28.9 Å². The summed E-state index contributed by atoms with van der Waals surface area (Å²) in [4.78, 5) is 38.1. The Labute approximate surface area is 229 Å². The third kappa shape index (κ3) is 4.13. The second kappa shape index (κ2) is 9.63. The average Bonchev–Trinajstić information content (AvgIpc) is 3.03. The van der Waals surface area contributed by atoms with E-state index >= 15 is 0 Å². The highest BCUT2D eigenvalue weighted by atomic mass is 16.5. The van der Waals surface area contributed by atoms with Crippen LogP contribution in [0.25, 0.3) is 0 Å². The van der Waals surface area contributed by atoms with Gasteiger partial charge >= 0.3 is 11.9 Å². The summed E-state index contributed by atoms with van der Waals surface area (Å²) in [6.07, 6.45) is 8.12. The maximum Gasteiger partial charge on any atom is 0.306 e. The summed E-state index contributed by atoms with van der Waals surface area (Å²) in [5.74, 6) is -0.356. The van der Waals surface area contributed by atoms with Gasteiger partial charge in [-0.1, -0.05) is 72.3 Å². The van der Waals surface area contributed by atoms with Gasteiger partial charge in [-0.05, 0) is 79.4 Å². The van der Waals surface area contributed by atoms with E-state index in [1.54, 1.807) is 0 Å². The maximum absolute atomic E-state index is 12.9. The molecular formula is C33H50O5. The molecule has 1 N–H and O–H groups in total. The highest BCUT2D eigenvalue weighted by molar-refractivity contribution is 5.85. The van der Waals surface area contributed by atoms with Crippen LogP contribution in [0, 0.1) is 51.2 Å². The Morgan fingerprint density at radius 1 is 1.16 bits per heavy atom. The molecule has 0 heterocycles. The molecule has 0 aromatic carbocycles. The zero-order chi connectivity index (χ0) is 28.4. The average molecular weight is 527 g/mol. The van der Waals surface area contributed by atoms with Crippen LogP contribution in [0.15, 0.2) is 23.8 Å². The van der Waals surface area contributed by atoms with Crippen LogP contribution >= 0.6 is 0 Å². The van der Waals surface area contributed by atoms with E-state index in [1.165, 1.54) is 12.5 Å². The van der Waals surface area contributed by atoms with Crippen molar-refractivity contribution in [3.8, 4) is 0 Å². The second-order valence-corrected chi connectivity index (χ2v) is 14.5. The van der Waals surface area contributed by atoms with E-state index in [1.807, 2.05) is 0 Å². The summed E-state index contributed by atoms with van der Waals surface area (Å²) in [5.41, 5.74) is 1.36. The molecule has 0 unspecified atom stereocenters. The molecule has 38 heavy (non-hydrogen) atoms. The number of Topliss-reactive ketones (excluding diaryl/α,β-unsaturated/α-hetero) is 1. The fourth-order valence-corrected chi connectivity index (χ4v) is 9.67. The first-order chi connectivity index (χ1) is 17.5. The Balaban J connectivity index is 1.78. The van der Waals surface area contributed by atoms with Crippen molar-refractivity contribution in [3.63, 3.8) is 0 Å². The number of hydrogen-bond acceptors (Lipinski definition) is 4. The molecule has 3 saturated carbocycles. The molecule has 5 nitrogen and oxygen atoms in total. The molecule has 0 amide bonds. The first-order valence-electron chi connectivity index (χ1n) is 14.8. The fraction of sp³-hybridized carbons (Fsp3) is 0.788. The molecular weight excluding hydrogens is 476 g/mol. The number of fused-ring (bicyclic) bond motifs is 5. The van der Waals surface area contributed by atoms with Gasteiger partial charge in [0.25, 0.3) is 0 Å². The molecule has 3 fully saturated rings. The highest BCUT2D eigenvalue weighted by Gasteiger charge is 2.70. The lowest BCUT2D eigenvalue weighted by Crippen LogP contribution is -2.59. The molecule has 5 heteroatoms. The highest BCUT2D eigenvalue weighted by Crippen LogP contribution is 2.73. The van der Waals surface area contributed by atoms with Crippen molar-refractivity contribution in [2.24, 2.45) is 51.2 Å². The van der Waals surface area contributed by atoms with Gasteiger partial charge < -0.3 is 9.84 Å². The van der Waals surface area contributed by atoms with Crippen LogP contribution in [0.5, 0.6) is 0 Å². The third-order valence-electron chi connectivity index (χ3n) is 12.4. The van der Waals surface area contributed by atoms with Crippen LogP contribution in [-0.2, 0) is 19.1 Å². The summed E-state index contributed by atoms with van der Waals surface area (Å²) < 4.78 is 6.10. The van der Waals surface area contributed by atoms with Crippen LogP contribution in [0.3, 0.4) is 0 Å². The predicted octanol–water partition coefficient (Wildman–Crippen LogP) is 7.40. The number of aliphatic carboxylic acids is 1. The van der Waals surface area contributed by atoms with E-state index < -0.39 is 17.3 Å². The molecule has 0 saturated heterocycles. The smallest absolute Gasteiger partial charge is 0.306 e. The molecule has 8 atom stereocenters. The van der Waals surface area contributed by atoms with Crippen LogP contribution in [0.1, 0.15) is 107 Å². The topological polar surface area (TPSA) is 80.7 Å². The molecule has 0 bridgehead atoms. The van der Waals surface area contributed by atoms with Gasteiger partial charge in [0.15, 0.2) is 0 Å². The molecule has 0 aromatic rings. The molecule has 0 spiro atoms. The van der Waals surface area contributed by atoms with Gasteiger partial charge in [0.05, 0.1) is 5.92 Å². The number of rotatable bonds is 7. The first-order valence-corrected chi connectivity index (χ1v) is 14.8. The summed E-state index contributed by atoms with van der Waals surface area (Å²) in [7, 11) is 0. The van der Waals surface area contributed by atoms with E-state index in [0.29, 0.717) is 43.3 Å². The van der Waals surface area contributed by atoms with Gasteiger partial charge in [-0.25, -0.2) is 0 Å². The Kier molecular flexibility index (Phi) is 7.37. The van der Waals surface area contributed by atoms with Crippen LogP contribution < -0.4 is 0 Å². The monoisotopic (exact) mass is 526 g/mol. The standard InChI is InChI=1S/C33H50O5/c1-19(2)20(3)10-11-22(29(36)37)25-18-28(38-21(4)34)33(9)24-12-13-26-30(5,6)27(35)15-16-31(26,7)23(24)14-17-32(25,33)8/h12,19,22-23,25-26,28H,3,10-11,13-18H2,1-2,4-9H3,(H,36,37)/t22-,23+,25-,26-,28+,31-,32+,33-/m1/s1. The number of esters is 1. The number of carbonyl (C=O) groups is 3. The summed E-state index contributed by atoms with van der Waals surface area (Å²) in [6, 6.07) is 0. The lowest BCUT2D eigenvalue weighted by atomic mass is 9.41. The normalized spacial score (nSPS) is 40.4. The fourth-order valence-electron chi connectivity index (χ4n) is 9.67. The Morgan fingerprint density at radius 2 is 1.82 bits per heavy atom. The van der Waals surface area contributed by atoms with E-state index in [0.717, 1.165) is 31.3 Å². The number of carboxylic acid groups (broad SMARTS) is 1. The van der Waals surface area contributed by atoms with Gasteiger partial charge in [0.1, 0.15) is 11.9 Å². The van der Waals surface area contributed by atoms with Crippen molar-refractivity contribution in [3.05, 3.63) is 23.8 Å². The van der Waals surface area contributed by atoms with E-state index in [2.05, 4.69) is 61.1 Å². The zero-order valence-electron chi connectivity index (χ0n) is 25.0. The van der Waals surface area contributed by atoms with E-state index in [4.69, 9.17) is 4.74 Å². The number of ether oxygens (including phenoxy) is 1. The number of allylic oxidation sites excluding steroid dienone is 2. The minimum absolute atomic E-state index is 0.00585. The lowest BCUT2D eigenvalue weighted by molar-refractivity contribution is -0.159. The quantitative estimate of drug-likeness (QED) is 0.276. The Bertz CT molecular complexity index is 1050. The summed E-state index contributed by atoms with van der Waals surface area (Å²) >= 11 is 0. The van der Waals surface area contributed by atoms with Gasteiger partial charge in [0.2, 0.25) is 0 Å². The predicted molar refractivity (Wildman–Crippen MR) is 149 cm³/mol. The van der Waals surface area contributed by atoms with Crippen molar-refractivity contribution in [2.75, 3.05) is 0 Å². The van der Waals surface area contributed by atoms with Crippen molar-refractivity contribution in [2.45, 2.75) is 113 Å². The van der Waals surface area contributed by atoms with Crippen molar-refractivity contribution in [1.29, 1.82) is 0 Å². The molecule has 4 rings (SSSR count). The first kappa shape index (κ1) is 29.1. The third-order valence-corrected chi connectivity index (χ3v) is 12.4. The van der Waals surface area contributed by atoms with Crippen LogP contribution in [0.2, 0.25) is 0 Å². The summed E-state index contributed by atoms with van der Waals surface area (Å²) in [6.45, 7) is 21.0. The number of carboxylic acids is 1. The summed E-state index contributed by atoms with van der Waals surface area (Å²) in [5, 5.41) is 10.5. The maximum atomic E-state index is 12.9. The van der Waals surface area contributed by atoms with Gasteiger partial charge in [-0.3, -0.25) is 14.4 Å². The van der Waals surface area contributed by atoms with Gasteiger partial charge in [-0.15, -0.1) is 0 Å². The van der Waals surface area contributed by atoms with Crippen molar-refractivity contribution in [1.82, 2.24) is 0 Å². The zero-order valence-corrected chi connectivity index (χ0v) is 25.0. The van der Waals surface area contributed by atoms with E-state index in [9.17, 15) is 19.5 Å². The minimum Gasteiger partial charge on any atom is -0.481 e. The number of hydrogen-bond donors (Lipinski definition) is 1. The number of ketones is 1. The van der Waals surface area contributed by atoms with Crippen LogP contribution in [0.4, 0.5) is 0 Å². The molecule has 4 aliphatic carbocycles. The molecule has 0 radical (unpaired) electrons. The molecule has 0 aliphatic heterocycles. The SMILES string of the molecule is C=C(CC[C@@H](C(=O)O)[C@H]1C[C@H](OC(C)=O)[C@@]2(C)C3=CC[C@@H]4C(C)(C)C(=O)CC[C@]4(C)[C@H]3CC[C@@]12C)C(C)C. The van der Waals surface area contributed by atoms with Crippen molar-refractivity contribution >= 4 is 17.7 Å². The second-order valence-electron chi connectivity index (χ2n) is 14.5. The number of carbonyl (C=O) groups excluding carboxylic acids is 2. The lowest BCUT2D eigenvalue weighted by Gasteiger charge is -2.63. The van der Waals surface area contributed by atoms with E-state index in [-0.39, 0.29) is 40.2 Å². The molecule has 4 aliphatic rings.